The molecule has 0 saturated heterocycles. The molecule has 0 unspecified atom stereocenters. The molecule has 0 aliphatic carbocycles. The summed E-state index contributed by atoms with van der Waals surface area (Å²) in [4.78, 5) is 28.9. The molecule has 0 saturated carbocycles. The number of hydrogen-bond acceptors (Lipinski definition) is 4. The molecule has 0 fully saturated rings. The van der Waals surface area contributed by atoms with Crippen LogP contribution in [0, 0.1) is 0 Å². The lowest BCUT2D eigenvalue weighted by Gasteiger charge is -2.22. The second-order valence-electron chi connectivity index (χ2n) is 6.91. The van der Waals surface area contributed by atoms with E-state index in [0.29, 0.717) is 13.2 Å². The number of amides is 2. The molecular formula is C20H25N3O3. The van der Waals surface area contributed by atoms with E-state index in [4.69, 9.17) is 4.74 Å². The van der Waals surface area contributed by atoms with Gasteiger partial charge in [0, 0.05) is 19.3 Å². The number of methoxy groups -OCH3 is 1. The van der Waals surface area contributed by atoms with Gasteiger partial charge in [0.15, 0.2) is 0 Å². The number of carbonyl (C=O) groups is 2. The topological polar surface area (TPSA) is 80.3 Å². The van der Waals surface area contributed by atoms with E-state index in [2.05, 4.69) is 36.4 Å². The Kier molecular flexibility index (Phi) is 6.46. The lowest BCUT2D eigenvalue weighted by Crippen LogP contribution is -2.28. The van der Waals surface area contributed by atoms with Gasteiger partial charge in [-0.2, -0.15) is 0 Å². The van der Waals surface area contributed by atoms with Crippen LogP contribution in [0.25, 0.3) is 0 Å². The summed E-state index contributed by atoms with van der Waals surface area (Å²) < 4.78 is 4.90. The molecule has 2 aromatic rings. The van der Waals surface area contributed by atoms with E-state index in [0.717, 1.165) is 11.3 Å². The van der Waals surface area contributed by atoms with Crippen LogP contribution >= 0.6 is 0 Å². The van der Waals surface area contributed by atoms with Gasteiger partial charge in [-0.3, -0.25) is 9.59 Å². The molecule has 2 N–H and O–H groups in total. The van der Waals surface area contributed by atoms with E-state index in [1.807, 2.05) is 24.3 Å². The zero-order valence-electron chi connectivity index (χ0n) is 15.6. The summed E-state index contributed by atoms with van der Waals surface area (Å²) in [6.07, 6.45) is 0. The monoisotopic (exact) mass is 355 g/mol. The number of hydrogen-bond donors (Lipinski definition) is 2. The van der Waals surface area contributed by atoms with Gasteiger partial charge in [0.1, 0.15) is 11.4 Å². The first-order chi connectivity index (χ1) is 12.3. The molecule has 1 heterocycles. The number of ether oxygens (including phenoxy) is 1. The van der Waals surface area contributed by atoms with Crippen molar-refractivity contribution < 1.29 is 14.3 Å². The van der Waals surface area contributed by atoms with Crippen LogP contribution in [0.2, 0.25) is 0 Å². The molecule has 2 rings (SSSR count). The quantitative estimate of drug-likeness (QED) is 0.781. The number of carbonyl (C=O) groups excluding carboxylic acids is 2. The zero-order chi connectivity index (χ0) is 19.2. The third kappa shape index (κ3) is 5.13. The standard InChI is InChI=1S/C20H25N3O3/c1-20(2,3)14-8-5-6-9-15(14)23-19(25)17-11-7-10-16(22-17)18(24)21-12-13-26-4/h5-11H,12-13H2,1-4H3,(H,21,24)(H,23,25). The number of benzene rings is 1. The maximum atomic E-state index is 12.6. The second-order valence-corrected chi connectivity index (χ2v) is 6.91. The van der Waals surface area contributed by atoms with Crippen LogP contribution in [0.3, 0.4) is 0 Å². The number of nitrogens with one attached hydrogen (secondary N) is 2. The summed E-state index contributed by atoms with van der Waals surface area (Å²) in [5, 5.41) is 5.59. The molecule has 0 radical (unpaired) electrons. The molecule has 0 aliphatic heterocycles. The fourth-order valence-electron chi connectivity index (χ4n) is 2.48. The highest BCUT2D eigenvalue weighted by atomic mass is 16.5. The normalized spacial score (nSPS) is 11.1. The number of para-hydroxylation sites is 1. The van der Waals surface area contributed by atoms with Gasteiger partial charge in [-0.15, -0.1) is 0 Å². The number of anilines is 1. The number of nitrogens with zero attached hydrogens (tertiary/aromatic N) is 1. The minimum atomic E-state index is -0.353. The van der Waals surface area contributed by atoms with E-state index < -0.39 is 0 Å². The Bertz CT molecular complexity index is 782. The Hall–Kier alpha value is -2.73. The van der Waals surface area contributed by atoms with E-state index >= 15 is 0 Å². The van der Waals surface area contributed by atoms with Crippen molar-refractivity contribution in [2.24, 2.45) is 0 Å². The van der Waals surface area contributed by atoms with E-state index in [1.165, 1.54) is 0 Å². The highest BCUT2D eigenvalue weighted by Gasteiger charge is 2.19. The van der Waals surface area contributed by atoms with Crippen molar-refractivity contribution in [2.75, 3.05) is 25.6 Å². The van der Waals surface area contributed by atoms with Crippen LogP contribution in [0.4, 0.5) is 5.69 Å². The number of pyridine rings is 1. The third-order valence-electron chi connectivity index (χ3n) is 3.79. The van der Waals surface area contributed by atoms with Gasteiger partial charge in [-0.25, -0.2) is 4.98 Å². The molecule has 6 heteroatoms. The molecule has 0 bridgehead atoms. The van der Waals surface area contributed by atoms with Crippen LogP contribution in [-0.2, 0) is 10.2 Å². The minimum Gasteiger partial charge on any atom is -0.383 e. The van der Waals surface area contributed by atoms with E-state index in [9.17, 15) is 9.59 Å². The fourth-order valence-corrected chi connectivity index (χ4v) is 2.48. The second kappa shape index (κ2) is 8.58. The molecule has 26 heavy (non-hydrogen) atoms. The predicted octanol–water partition coefficient (Wildman–Crippen LogP) is 3.01. The molecule has 6 nitrogen and oxygen atoms in total. The summed E-state index contributed by atoms with van der Waals surface area (Å²) in [6, 6.07) is 12.5. The van der Waals surface area contributed by atoms with Crippen molar-refractivity contribution in [1.29, 1.82) is 0 Å². The van der Waals surface area contributed by atoms with Crippen molar-refractivity contribution in [3.05, 3.63) is 59.4 Å². The van der Waals surface area contributed by atoms with Crippen LogP contribution in [-0.4, -0.2) is 37.1 Å². The summed E-state index contributed by atoms with van der Waals surface area (Å²) in [7, 11) is 1.56. The molecular weight excluding hydrogens is 330 g/mol. The predicted molar refractivity (Wildman–Crippen MR) is 102 cm³/mol. The SMILES string of the molecule is COCCNC(=O)c1cccc(C(=O)Nc2ccccc2C(C)(C)C)n1. The smallest absolute Gasteiger partial charge is 0.274 e. The summed E-state index contributed by atoms with van der Waals surface area (Å²) >= 11 is 0. The van der Waals surface area contributed by atoms with E-state index in [1.54, 1.807) is 25.3 Å². The van der Waals surface area contributed by atoms with Gasteiger partial charge in [0.25, 0.3) is 11.8 Å². The first-order valence-corrected chi connectivity index (χ1v) is 8.48. The Balaban J connectivity index is 2.16. The lowest BCUT2D eigenvalue weighted by molar-refractivity contribution is 0.0932. The maximum absolute atomic E-state index is 12.6. The van der Waals surface area contributed by atoms with Crippen molar-refractivity contribution in [3.8, 4) is 0 Å². The van der Waals surface area contributed by atoms with Crippen molar-refractivity contribution in [3.63, 3.8) is 0 Å². The average molecular weight is 355 g/mol. The van der Waals surface area contributed by atoms with Crippen LogP contribution < -0.4 is 10.6 Å². The van der Waals surface area contributed by atoms with Gasteiger partial charge in [0.05, 0.1) is 6.61 Å². The Labute approximate surface area is 154 Å². The van der Waals surface area contributed by atoms with Gasteiger partial charge < -0.3 is 15.4 Å². The van der Waals surface area contributed by atoms with E-state index in [-0.39, 0.29) is 28.6 Å². The third-order valence-corrected chi connectivity index (χ3v) is 3.79. The Morgan fingerprint density at radius 2 is 1.65 bits per heavy atom. The lowest BCUT2D eigenvalue weighted by atomic mass is 9.86. The van der Waals surface area contributed by atoms with Crippen molar-refractivity contribution >= 4 is 17.5 Å². The summed E-state index contributed by atoms with van der Waals surface area (Å²) in [5.74, 6) is -0.694. The Morgan fingerprint density at radius 3 is 2.31 bits per heavy atom. The minimum absolute atomic E-state index is 0.111. The highest BCUT2D eigenvalue weighted by molar-refractivity contribution is 6.04. The van der Waals surface area contributed by atoms with Crippen LogP contribution in [0.1, 0.15) is 47.3 Å². The molecule has 1 aromatic carbocycles. The van der Waals surface area contributed by atoms with Gasteiger partial charge >= 0.3 is 0 Å². The summed E-state index contributed by atoms with van der Waals surface area (Å²) in [6.45, 7) is 7.05. The first-order valence-electron chi connectivity index (χ1n) is 8.48. The summed E-state index contributed by atoms with van der Waals surface area (Å²) in [5.41, 5.74) is 2.04. The Morgan fingerprint density at radius 1 is 1.00 bits per heavy atom. The molecule has 0 atom stereocenters. The van der Waals surface area contributed by atoms with Crippen molar-refractivity contribution in [2.45, 2.75) is 26.2 Å². The molecule has 138 valence electrons. The van der Waals surface area contributed by atoms with Crippen LogP contribution in [0.5, 0.6) is 0 Å². The van der Waals surface area contributed by atoms with Gasteiger partial charge in [0.2, 0.25) is 0 Å². The first kappa shape index (κ1) is 19.6. The largest absolute Gasteiger partial charge is 0.383 e. The van der Waals surface area contributed by atoms with Crippen molar-refractivity contribution in [1.82, 2.24) is 10.3 Å². The number of rotatable bonds is 6. The van der Waals surface area contributed by atoms with Gasteiger partial charge in [-0.1, -0.05) is 45.0 Å². The number of aromatic nitrogens is 1. The van der Waals surface area contributed by atoms with Crippen LogP contribution in [0.15, 0.2) is 42.5 Å². The fraction of sp³-hybridized carbons (Fsp3) is 0.350. The molecule has 1 aromatic heterocycles. The highest BCUT2D eigenvalue weighted by Crippen LogP contribution is 2.29. The average Bonchev–Trinajstić information content (AvgIpc) is 2.61. The van der Waals surface area contributed by atoms with Gasteiger partial charge in [-0.05, 0) is 29.2 Å². The molecule has 0 spiro atoms. The zero-order valence-corrected chi connectivity index (χ0v) is 15.6. The maximum Gasteiger partial charge on any atom is 0.274 e. The molecule has 0 aliphatic rings. The molecule has 2 amide bonds.